The number of aromatic amines is 1. The van der Waals surface area contributed by atoms with E-state index in [2.05, 4.69) is 31.6 Å². The summed E-state index contributed by atoms with van der Waals surface area (Å²) in [5, 5.41) is 13.5. The normalized spacial score (nSPS) is 19.4. The third-order valence-corrected chi connectivity index (χ3v) is 5.14. The van der Waals surface area contributed by atoms with Gasteiger partial charge < -0.3 is 25.1 Å². The molecule has 1 aromatic carbocycles. The molecule has 0 saturated carbocycles. The van der Waals surface area contributed by atoms with E-state index in [0.717, 1.165) is 5.56 Å². The number of benzene rings is 1. The maximum absolute atomic E-state index is 14.6. The predicted molar refractivity (Wildman–Crippen MR) is 104 cm³/mol. The average Bonchev–Trinajstić information content (AvgIpc) is 3.15. The third-order valence-electron chi connectivity index (χ3n) is 4.86. The number of halogens is 2. The van der Waals surface area contributed by atoms with Gasteiger partial charge in [0.25, 0.3) is 0 Å². The van der Waals surface area contributed by atoms with Gasteiger partial charge in [0.2, 0.25) is 5.95 Å². The van der Waals surface area contributed by atoms with Crippen LogP contribution in [0.3, 0.4) is 0 Å². The van der Waals surface area contributed by atoms with E-state index in [1.807, 2.05) is 13.8 Å². The number of imidazole rings is 1. The molecule has 1 fully saturated rings. The van der Waals surface area contributed by atoms with Gasteiger partial charge in [-0.3, -0.25) is 0 Å². The van der Waals surface area contributed by atoms with Crippen molar-refractivity contribution < 1.29 is 14.2 Å². The summed E-state index contributed by atoms with van der Waals surface area (Å²) < 4.78 is 19.9. The minimum atomic E-state index is -0.656. The van der Waals surface area contributed by atoms with Crippen LogP contribution in [-0.4, -0.2) is 50.4 Å². The molecule has 2 atom stereocenters. The van der Waals surface area contributed by atoms with Gasteiger partial charge in [0, 0.05) is 6.61 Å². The van der Waals surface area contributed by atoms with Gasteiger partial charge in [0.15, 0.2) is 0 Å². The molecule has 3 N–H and O–H groups in total. The molecule has 1 saturated heterocycles. The third kappa shape index (κ3) is 3.70. The van der Waals surface area contributed by atoms with Crippen molar-refractivity contribution in [3.8, 4) is 11.3 Å². The van der Waals surface area contributed by atoms with Crippen LogP contribution in [0.4, 0.5) is 10.3 Å². The molecule has 0 aliphatic carbocycles. The van der Waals surface area contributed by atoms with E-state index in [1.165, 1.54) is 12.3 Å². The number of fused-ring (bicyclic) bond motifs is 1. The molecule has 1 aliphatic heterocycles. The standard InChI is InChI=1S/C19H20ClFN5O2.Lr/c1-9(2)15-10(5-12(21)17-18(15)24-8-23-17)16-11(20)6-22-19(26-16)25-13-3-4-28-7-14(13)27;/h5-6,9,13-14,27H,3-4,7H2,1-2H3,(H,23,24)(H,22,25,26);/q-1;/t13-,14-;/m1./s1. The van der Waals surface area contributed by atoms with Crippen molar-refractivity contribution in [2.24, 2.45) is 0 Å². The molecule has 1 aliphatic rings. The molecule has 3 heterocycles. The van der Waals surface area contributed by atoms with Crippen LogP contribution < -0.4 is 5.32 Å². The van der Waals surface area contributed by atoms with Crippen molar-refractivity contribution in [1.29, 1.82) is 0 Å². The Balaban J connectivity index is 0.00000240. The van der Waals surface area contributed by atoms with E-state index in [-0.39, 0.29) is 24.1 Å². The second-order valence-corrected chi connectivity index (χ2v) is 7.53. The molecule has 7 nitrogen and oxygen atoms in total. The monoisotopic (exact) mass is 666 g/mol. The van der Waals surface area contributed by atoms with E-state index in [9.17, 15) is 9.50 Å². The number of hydrogen-bond donors (Lipinski definition) is 3. The number of hydrogen-bond acceptors (Lipinski definition) is 6. The predicted octanol–water partition coefficient (Wildman–Crippen LogP) is 3.30. The van der Waals surface area contributed by atoms with Gasteiger partial charge in [-0.25, -0.2) is 14.4 Å². The van der Waals surface area contributed by atoms with Gasteiger partial charge in [0.05, 0.1) is 41.5 Å². The summed E-state index contributed by atoms with van der Waals surface area (Å²) in [5.74, 6) is -0.0978. The van der Waals surface area contributed by atoms with Crippen LogP contribution in [0.2, 0.25) is 5.02 Å². The second kappa shape index (κ2) is 7.98. The summed E-state index contributed by atoms with van der Waals surface area (Å²) in [6, 6.07) is 1.17. The van der Waals surface area contributed by atoms with Crippen LogP contribution in [0.5, 0.6) is 0 Å². The van der Waals surface area contributed by atoms with E-state index in [4.69, 9.17) is 16.3 Å². The molecule has 163 valence electrons. The van der Waals surface area contributed by atoms with Crippen molar-refractivity contribution in [1.82, 2.24) is 19.9 Å². The van der Waals surface area contributed by atoms with Crippen molar-refractivity contribution in [2.45, 2.75) is 38.3 Å². The Labute approximate surface area is 166 Å². The van der Waals surface area contributed by atoms with Crippen LogP contribution in [-0.2, 0) is 4.74 Å². The molecule has 10 heteroatoms. The molecule has 4 rings (SSSR count). The molecule has 2 aromatic heterocycles. The number of H-pyrrole nitrogens is 1. The Bertz CT molecular complexity index is 1020. The SMILES string of the molecule is CC(C)c1c(-c2nc(N[C@@H]3CCOC[C@H]3O)ncc2Cl)cc(F)c2n[c-][nH]c12.[Lr]. The van der Waals surface area contributed by atoms with E-state index >= 15 is 0 Å². The second-order valence-electron chi connectivity index (χ2n) is 7.12. The molecular formula is C19H20ClFLrN5O2-. The van der Waals surface area contributed by atoms with Gasteiger partial charge in [-0.15, -0.1) is 0 Å². The van der Waals surface area contributed by atoms with Crippen LogP contribution in [0.15, 0.2) is 12.3 Å². The fraction of sp³-hybridized carbons (Fsp3) is 0.421. The van der Waals surface area contributed by atoms with Crippen LogP contribution in [0.1, 0.15) is 31.7 Å². The van der Waals surface area contributed by atoms with Crippen molar-refractivity contribution in [2.75, 3.05) is 18.5 Å². The summed E-state index contributed by atoms with van der Waals surface area (Å²) >= 11 is 6.38. The quantitative estimate of drug-likeness (QED) is 0.370. The van der Waals surface area contributed by atoms with Gasteiger partial charge in [-0.05, 0) is 35.8 Å². The number of aromatic nitrogens is 4. The van der Waals surface area contributed by atoms with Gasteiger partial charge in [-0.2, -0.15) is 0 Å². The zero-order valence-electron chi connectivity index (χ0n) is 15.7. The number of nitrogens with zero attached hydrogens (tertiary/aromatic N) is 3. The first-order valence-corrected chi connectivity index (χ1v) is 9.47. The topological polar surface area (TPSA) is 96.0 Å². The number of ether oxygens (including phenoxy) is 1. The Morgan fingerprint density at radius 2 is 2.24 bits per heavy atom. The zero-order valence-corrected chi connectivity index (χ0v) is 18.6. The smallest absolute Gasteiger partial charge is 0.223 e. The Kier molecular flexibility index (Phi) is 5.63. The van der Waals surface area contributed by atoms with Crippen molar-refractivity contribution in [3.63, 3.8) is 0 Å². The van der Waals surface area contributed by atoms with Crippen LogP contribution >= 0.6 is 11.6 Å². The Hall–Kier alpha value is -3.29. The number of aliphatic hydroxyl groups is 1. The molecule has 0 spiro atoms. The minimum absolute atomic E-state index is 0. The molecule has 3 aromatic rings. The van der Waals surface area contributed by atoms with E-state index in [1.54, 1.807) is 0 Å². The largest absolute Gasteiger partial charge is 0.460 e. The number of nitrogens with one attached hydrogen (secondary N) is 2. The molecular weight excluding hydrogens is 647 g/mol. The number of anilines is 1. The number of aliphatic hydroxyl groups excluding tert-OH is 1. The van der Waals surface area contributed by atoms with E-state index in [0.29, 0.717) is 40.8 Å². The zero-order chi connectivity index (χ0) is 19.8. The van der Waals surface area contributed by atoms with E-state index < -0.39 is 11.9 Å². The van der Waals surface area contributed by atoms with Crippen molar-refractivity contribution in [3.05, 3.63) is 35.0 Å². The molecule has 0 amide bonds. The van der Waals surface area contributed by atoms with Gasteiger partial charge >= 0.3 is 0 Å². The van der Waals surface area contributed by atoms with Gasteiger partial charge in [-0.1, -0.05) is 36.5 Å². The first-order chi connectivity index (χ1) is 13.5. The average molecular weight is 667 g/mol. The van der Waals surface area contributed by atoms with Crippen molar-refractivity contribution >= 4 is 28.6 Å². The fourth-order valence-corrected chi connectivity index (χ4v) is 3.70. The number of rotatable bonds is 4. The molecule has 1 radical (unpaired) electrons. The summed E-state index contributed by atoms with van der Waals surface area (Å²) in [5.41, 5.74) is 2.65. The summed E-state index contributed by atoms with van der Waals surface area (Å²) in [4.78, 5) is 15.6. The first kappa shape index (κ1) is 20.4. The minimum Gasteiger partial charge on any atom is -0.460 e. The summed E-state index contributed by atoms with van der Waals surface area (Å²) in [7, 11) is 0. The molecule has 0 unspecified atom stereocenters. The summed E-state index contributed by atoms with van der Waals surface area (Å²) in [6.07, 6.45) is 4.05. The fourth-order valence-electron chi connectivity index (χ4n) is 3.51. The summed E-state index contributed by atoms with van der Waals surface area (Å²) in [6.45, 7) is 4.81. The van der Waals surface area contributed by atoms with Crippen LogP contribution in [0.25, 0.3) is 22.3 Å². The maximum Gasteiger partial charge on any atom is 0.223 e. The van der Waals surface area contributed by atoms with Crippen LogP contribution in [0, 0.1) is 12.1 Å². The molecule has 29 heavy (non-hydrogen) atoms. The Morgan fingerprint density at radius 3 is 2.97 bits per heavy atom. The maximum atomic E-state index is 14.6. The Morgan fingerprint density at radius 1 is 1.45 bits per heavy atom. The van der Waals surface area contributed by atoms with Gasteiger partial charge in [0.1, 0.15) is 0 Å². The first-order valence-electron chi connectivity index (χ1n) is 9.09. The molecule has 0 bridgehead atoms.